The average Bonchev–Trinajstić information content (AvgIpc) is 2.76. The van der Waals surface area contributed by atoms with Crippen LogP contribution in [0.3, 0.4) is 0 Å². The highest BCUT2D eigenvalue weighted by atomic mass is 32.1. The van der Waals surface area contributed by atoms with E-state index in [1.807, 2.05) is 0 Å². The van der Waals surface area contributed by atoms with Gasteiger partial charge in [0.25, 0.3) is 0 Å². The van der Waals surface area contributed by atoms with Crippen molar-refractivity contribution >= 4 is 42.2 Å². The van der Waals surface area contributed by atoms with Crippen molar-refractivity contribution in [3.05, 3.63) is 29.8 Å². The Balaban J connectivity index is 3.07. The van der Waals surface area contributed by atoms with Gasteiger partial charge in [0, 0.05) is 12.2 Å². The number of primary amides is 1. The summed E-state index contributed by atoms with van der Waals surface area (Å²) in [6.45, 7) is -0.658. The molecular weight excluding hydrogens is 458 g/mol. The highest BCUT2D eigenvalue weighted by Gasteiger charge is 2.30. The molecule has 0 saturated heterocycles. The van der Waals surface area contributed by atoms with Crippen LogP contribution in [0.2, 0.25) is 0 Å². The monoisotopic (exact) mass is 485 g/mol. The first kappa shape index (κ1) is 27.7. The van der Waals surface area contributed by atoms with Crippen LogP contribution in [0.25, 0.3) is 0 Å². The lowest BCUT2D eigenvalue weighted by Crippen LogP contribution is -2.58. The normalized spacial score (nSPS) is 14.3. The van der Waals surface area contributed by atoms with E-state index in [-0.39, 0.29) is 17.9 Å². The Morgan fingerprint density at radius 3 is 1.91 bits per heavy atom. The minimum absolute atomic E-state index is 0.0331. The van der Waals surface area contributed by atoms with Crippen molar-refractivity contribution in [1.82, 2.24) is 16.0 Å². The summed E-state index contributed by atoms with van der Waals surface area (Å²) in [5.41, 5.74) is 10.9. The van der Waals surface area contributed by atoms with Crippen molar-refractivity contribution in [1.29, 1.82) is 0 Å². The number of carbonyl (C=O) groups excluding carboxylic acids is 4. The van der Waals surface area contributed by atoms with Crippen molar-refractivity contribution < 1.29 is 39.3 Å². The molecule has 0 spiro atoms. The second kappa shape index (κ2) is 13.2. The first-order valence-corrected chi connectivity index (χ1v) is 10.3. The van der Waals surface area contributed by atoms with Gasteiger partial charge in [-0.2, -0.15) is 12.6 Å². The van der Waals surface area contributed by atoms with Gasteiger partial charge in [-0.25, -0.2) is 4.79 Å². The Hall–Kier alpha value is -3.36. The molecule has 1 aromatic carbocycles. The lowest BCUT2D eigenvalue weighted by atomic mass is 10.0. The number of aliphatic hydroxyl groups is 1. The summed E-state index contributed by atoms with van der Waals surface area (Å²) in [4.78, 5) is 59.8. The van der Waals surface area contributed by atoms with Gasteiger partial charge in [0.05, 0.1) is 13.0 Å². The molecule has 4 atom stereocenters. The van der Waals surface area contributed by atoms with Gasteiger partial charge in [0.2, 0.25) is 23.6 Å². The second-order valence-corrected chi connectivity index (χ2v) is 7.40. The largest absolute Gasteiger partial charge is 0.508 e. The second-order valence-electron chi connectivity index (χ2n) is 7.03. The maximum Gasteiger partial charge on any atom is 0.326 e. The van der Waals surface area contributed by atoms with Gasteiger partial charge in [-0.1, -0.05) is 12.1 Å². The molecule has 1 rings (SSSR count). The van der Waals surface area contributed by atoms with E-state index < -0.39 is 66.8 Å². The number of aromatic hydroxyl groups is 1. The SMILES string of the molecule is NC(=O)CC(NC(=O)C(Cc1ccc(O)cc1)NC(=O)C(CS)NC(=O)C(N)CO)C(=O)O. The molecule has 0 bridgehead atoms. The molecule has 4 unspecified atom stereocenters. The van der Waals surface area contributed by atoms with E-state index >= 15 is 0 Å². The number of hydrogen-bond acceptors (Lipinski definition) is 9. The van der Waals surface area contributed by atoms with E-state index in [4.69, 9.17) is 16.6 Å². The average molecular weight is 486 g/mol. The van der Waals surface area contributed by atoms with E-state index in [2.05, 4.69) is 28.6 Å². The van der Waals surface area contributed by atoms with Gasteiger partial charge in [0.1, 0.15) is 29.9 Å². The van der Waals surface area contributed by atoms with E-state index in [0.717, 1.165) is 0 Å². The zero-order valence-corrected chi connectivity index (χ0v) is 18.3. The molecule has 0 aliphatic rings. The topological polar surface area (TPSA) is 234 Å². The standard InChI is InChI=1S/C19H27N5O8S/c20-11(7-25)16(28)24-14(8-33)18(30)22-12(5-9-1-3-10(26)4-2-9)17(29)23-13(19(31)32)6-15(21)27/h1-4,11-14,25-26,33H,5-8,20H2,(H2,21,27)(H,22,30)(H,23,29)(H,24,28)(H,31,32). The number of nitrogens with two attached hydrogens (primary N) is 2. The van der Waals surface area contributed by atoms with E-state index in [1.54, 1.807) is 0 Å². The zero-order chi connectivity index (χ0) is 25.1. The third kappa shape index (κ3) is 9.34. The van der Waals surface area contributed by atoms with E-state index in [0.29, 0.717) is 5.56 Å². The fraction of sp³-hybridized carbons (Fsp3) is 0.421. The van der Waals surface area contributed by atoms with Gasteiger partial charge in [-0.05, 0) is 17.7 Å². The highest BCUT2D eigenvalue weighted by Crippen LogP contribution is 2.12. The minimum Gasteiger partial charge on any atom is -0.508 e. The number of nitrogens with one attached hydrogen (secondary N) is 3. The quantitative estimate of drug-likeness (QED) is 0.126. The van der Waals surface area contributed by atoms with Crippen LogP contribution in [0.1, 0.15) is 12.0 Å². The molecule has 0 aromatic heterocycles. The summed E-state index contributed by atoms with van der Waals surface area (Å²) >= 11 is 4.00. The number of aliphatic carboxylic acids is 1. The Labute approximate surface area is 194 Å². The third-order valence-electron chi connectivity index (χ3n) is 4.38. The van der Waals surface area contributed by atoms with Crippen molar-refractivity contribution in [2.75, 3.05) is 12.4 Å². The molecule has 0 aliphatic heterocycles. The molecule has 33 heavy (non-hydrogen) atoms. The van der Waals surface area contributed by atoms with Gasteiger partial charge in [-0.15, -0.1) is 0 Å². The Kier molecular flexibility index (Phi) is 11.1. The number of amides is 4. The van der Waals surface area contributed by atoms with Crippen molar-refractivity contribution in [2.24, 2.45) is 11.5 Å². The maximum atomic E-state index is 12.8. The van der Waals surface area contributed by atoms with E-state index in [9.17, 15) is 34.2 Å². The first-order chi connectivity index (χ1) is 15.5. The molecule has 14 heteroatoms. The van der Waals surface area contributed by atoms with Crippen LogP contribution in [-0.4, -0.2) is 81.4 Å². The lowest BCUT2D eigenvalue weighted by molar-refractivity contribution is -0.143. The molecule has 13 nitrogen and oxygen atoms in total. The van der Waals surface area contributed by atoms with Crippen LogP contribution in [0, 0.1) is 0 Å². The highest BCUT2D eigenvalue weighted by molar-refractivity contribution is 7.80. The summed E-state index contributed by atoms with van der Waals surface area (Å²) in [6, 6.07) is 0.213. The van der Waals surface area contributed by atoms with Gasteiger partial charge < -0.3 is 42.7 Å². The number of carboxylic acids is 1. The molecule has 0 saturated carbocycles. The summed E-state index contributed by atoms with van der Waals surface area (Å²) in [6.07, 6.45) is -0.792. The number of phenols is 1. The van der Waals surface area contributed by atoms with Crippen molar-refractivity contribution in [2.45, 2.75) is 37.0 Å². The number of benzene rings is 1. The number of hydrogen-bond donors (Lipinski definition) is 9. The van der Waals surface area contributed by atoms with Crippen molar-refractivity contribution in [3.8, 4) is 5.75 Å². The van der Waals surface area contributed by atoms with Crippen molar-refractivity contribution in [3.63, 3.8) is 0 Å². The van der Waals surface area contributed by atoms with Crippen LogP contribution >= 0.6 is 12.6 Å². The third-order valence-corrected chi connectivity index (χ3v) is 4.74. The van der Waals surface area contributed by atoms with Gasteiger partial charge >= 0.3 is 5.97 Å². The van der Waals surface area contributed by atoms with Crippen LogP contribution in [-0.2, 0) is 30.4 Å². The molecule has 0 heterocycles. The molecular formula is C19H27N5O8S. The van der Waals surface area contributed by atoms with Crippen LogP contribution in [0.5, 0.6) is 5.75 Å². The summed E-state index contributed by atoms with van der Waals surface area (Å²) in [7, 11) is 0. The summed E-state index contributed by atoms with van der Waals surface area (Å²) < 4.78 is 0. The maximum absolute atomic E-state index is 12.8. The predicted octanol–water partition coefficient (Wildman–Crippen LogP) is -3.40. The molecule has 1 aromatic rings. The predicted molar refractivity (Wildman–Crippen MR) is 118 cm³/mol. The number of rotatable bonds is 13. The first-order valence-electron chi connectivity index (χ1n) is 9.65. The molecule has 0 aliphatic carbocycles. The fourth-order valence-corrected chi connectivity index (χ4v) is 2.84. The molecule has 0 fully saturated rings. The molecule has 0 radical (unpaired) electrons. The van der Waals surface area contributed by atoms with Gasteiger partial charge in [-0.3, -0.25) is 19.2 Å². The fourth-order valence-electron chi connectivity index (χ4n) is 2.58. The number of phenolic OH excluding ortho intramolecular Hbond substituents is 1. The summed E-state index contributed by atoms with van der Waals surface area (Å²) in [5, 5.41) is 34.5. The molecule has 10 N–H and O–H groups in total. The number of thiol groups is 1. The number of carboxylic acid groups (broad SMARTS) is 1. The number of carbonyl (C=O) groups is 5. The Bertz CT molecular complexity index is 866. The Morgan fingerprint density at radius 1 is 0.909 bits per heavy atom. The smallest absolute Gasteiger partial charge is 0.326 e. The zero-order valence-electron chi connectivity index (χ0n) is 17.4. The molecule has 182 valence electrons. The van der Waals surface area contributed by atoms with Gasteiger partial charge in [0.15, 0.2) is 0 Å². The van der Waals surface area contributed by atoms with E-state index in [1.165, 1.54) is 24.3 Å². The molecule has 4 amide bonds. The van der Waals surface area contributed by atoms with Crippen LogP contribution in [0.15, 0.2) is 24.3 Å². The number of aliphatic hydroxyl groups excluding tert-OH is 1. The lowest BCUT2D eigenvalue weighted by Gasteiger charge is -2.24. The minimum atomic E-state index is -1.63. The summed E-state index contributed by atoms with van der Waals surface area (Å²) in [5.74, 6) is -5.25. The Morgan fingerprint density at radius 2 is 1.42 bits per heavy atom. The van der Waals surface area contributed by atoms with Crippen LogP contribution in [0.4, 0.5) is 0 Å². The van der Waals surface area contributed by atoms with Crippen LogP contribution < -0.4 is 27.4 Å².